The van der Waals surface area contributed by atoms with Crippen LogP contribution in [0.3, 0.4) is 0 Å². The number of rotatable bonds is 2. The van der Waals surface area contributed by atoms with E-state index in [1.54, 1.807) is 0 Å². The number of halogens is 1. The molecule has 1 aliphatic heterocycles. The molecule has 0 N–H and O–H groups in total. The minimum absolute atomic E-state index is 0.111. The van der Waals surface area contributed by atoms with Gasteiger partial charge in [0.05, 0.1) is 11.1 Å². The zero-order valence-electron chi connectivity index (χ0n) is 8.79. The van der Waals surface area contributed by atoms with E-state index in [0.29, 0.717) is 17.4 Å². The normalized spacial score (nSPS) is 13.6. The summed E-state index contributed by atoms with van der Waals surface area (Å²) in [5.74, 6) is 1.51. The third-order valence-electron chi connectivity index (χ3n) is 2.06. The van der Waals surface area contributed by atoms with E-state index in [-0.39, 0.29) is 6.10 Å². The van der Waals surface area contributed by atoms with Gasteiger partial charge in [-0.2, -0.15) is 0 Å². The molecule has 80 valence electrons. The second-order valence-corrected chi connectivity index (χ2v) is 4.11. The van der Waals surface area contributed by atoms with E-state index in [4.69, 9.17) is 21.1 Å². The molecule has 0 fully saturated rings. The molecule has 1 aliphatic rings. The Balaban J connectivity index is 2.37. The van der Waals surface area contributed by atoms with Gasteiger partial charge in [-0.3, -0.25) is 0 Å². The molecular formula is C12H13ClO2. The lowest BCUT2D eigenvalue weighted by atomic mass is 10.1. The van der Waals surface area contributed by atoms with Crippen LogP contribution in [0.5, 0.6) is 11.5 Å². The first-order chi connectivity index (χ1) is 7.16. The van der Waals surface area contributed by atoms with E-state index in [0.717, 1.165) is 11.3 Å². The molecule has 15 heavy (non-hydrogen) atoms. The Labute approximate surface area is 94.5 Å². The first-order valence-corrected chi connectivity index (χ1v) is 5.34. The fraction of sp³-hybridized carbons (Fsp3) is 0.333. The summed E-state index contributed by atoms with van der Waals surface area (Å²) in [7, 11) is 0. The maximum Gasteiger partial charge on any atom is 0.142 e. The van der Waals surface area contributed by atoms with Gasteiger partial charge in [0.1, 0.15) is 18.1 Å². The molecule has 2 nitrogen and oxygen atoms in total. The summed E-state index contributed by atoms with van der Waals surface area (Å²) in [5.41, 5.74) is 1.00. The molecule has 2 rings (SSSR count). The number of benzene rings is 1. The largest absolute Gasteiger partial charge is 0.489 e. The molecule has 0 spiro atoms. The molecule has 1 heterocycles. The van der Waals surface area contributed by atoms with Gasteiger partial charge in [0.25, 0.3) is 0 Å². The summed E-state index contributed by atoms with van der Waals surface area (Å²) in [6, 6.07) is 3.71. The first-order valence-electron chi connectivity index (χ1n) is 4.96. The van der Waals surface area contributed by atoms with E-state index in [1.807, 2.05) is 38.1 Å². The van der Waals surface area contributed by atoms with Gasteiger partial charge < -0.3 is 9.47 Å². The van der Waals surface area contributed by atoms with Crippen molar-refractivity contribution in [3.8, 4) is 11.5 Å². The average molecular weight is 225 g/mol. The van der Waals surface area contributed by atoms with Gasteiger partial charge in [-0.25, -0.2) is 0 Å². The van der Waals surface area contributed by atoms with E-state index < -0.39 is 0 Å². The highest BCUT2D eigenvalue weighted by Crippen LogP contribution is 2.35. The SMILES string of the molecule is CC(C)Oc1cc2c(cc1Cl)C=CCO2. The molecule has 0 radical (unpaired) electrons. The van der Waals surface area contributed by atoms with Crippen LogP contribution >= 0.6 is 11.6 Å². The smallest absolute Gasteiger partial charge is 0.142 e. The predicted molar refractivity (Wildman–Crippen MR) is 61.7 cm³/mol. The topological polar surface area (TPSA) is 18.5 Å². The van der Waals surface area contributed by atoms with E-state index in [9.17, 15) is 0 Å². The molecule has 0 amide bonds. The van der Waals surface area contributed by atoms with Crippen molar-refractivity contribution < 1.29 is 9.47 Å². The highest BCUT2D eigenvalue weighted by Gasteiger charge is 2.12. The van der Waals surface area contributed by atoms with Crippen LogP contribution in [0.4, 0.5) is 0 Å². The summed E-state index contributed by atoms with van der Waals surface area (Å²) in [5, 5.41) is 0.623. The fourth-order valence-corrected chi connectivity index (χ4v) is 1.68. The maximum absolute atomic E-state index is 6.09. The van der Waals surface area contributed by atoms with Gasteiger partial charge in [-0.05, 0) is 26.0 Å². The van der Waals surface area contributed by atoms with Crippen LogP contribution in [0.1, 0.15) is 19.4 Å². The summed E-state index contributed by atoms with van der Waals surface area (Å²) in [4.78, 5) is 0. The van der Waals surface area contributed by atoms with Crippen molar-refractivity contribution in [1.82, 2.24) is 0 Å². The zero-order valence-corrected chi connectivity index (χ0v) is 9.54. The number of hydrogen-bond acceptors (Lipinski definition) is 2. The van der Waals surface area contributed by atoms with Crippen molar-refractivity contribution in [3.05, 3.63) is 28.8 Å². The quantitative estimate of drug-likeness (QED) is 0.765. The Bertz CT molecular complexity index is 397. The summed E-state index contributed by atoms with van der Waals surface area (Å²) in [6.07, 6.45) is 4.07. The molecule has 0 aliphatic carbocycles. The minimum Gasteiger partial charge on any atom is -0.489 e. The van der Waals surface area contributed by atoms with Crippen LogP contribution in [0.2, 0.25) is 5.02 Å². The third-order valence-corrected chi connectivity index (χ3v) is 2.35. The van der Waals surface area contributed by atoms with Crippen LogP contribution in [0.15, 0.2) is 18.2 Å². The molecule has 0 aromatic heterocycles. The average Bonchev–Trinajstić information content (AvgIpc) is 2.18. The van der Waals surface area contributed by atoms with Gasteiger partial charge in [-0.1, -0.05) is 17.7 Å². The van der Waals surface area contributed by atoms with Crippen molar-refractivity contribution in [2.75, 3.05) is 6.61 Å². The minimum atomic E-state index is 0.111. The molecule has 0 bridgehead atoms. The maximum atomic E-state index is 6.09. The lowest BCUT2D eigenvalue weighted by molar-refractivity contribution is 0.241. The Hall–Kier alpha value is -1.15. The van der Waals surface area contributed by atoms with E-state index >= 15 is 0 Å². The Morgan fingerprint density at radius 1 is 1.40 bits per heavy atom. The Kier molecular flexibility index (Phi) is 2.87. The Morgan fingerprint density at radius 3 is 2.93 bits per heavy atom. The second-order valence-electron chi connectivity index (χ2n) is 3.70. The molecule has 0 saturated carbocycles. The number of fused-ring (bicyclic) bond motifs is 1. The fourth-order valence-electron chi connectivity index (χ4n) is 1.46. The number of ether oxygens (including phenoxy) is 2. The summed E-state index contributed by atoms with van der Waals surface area (Å²) in [6.45, 7) is 4.54. The highest BCUT2D eigenvalue weighted by molar-refractivity contribution is 6.32. The zero-order chi connectivity index (χ0) is 10.8. The number of hydrogen-bond donors (Lipinski definition) is 0. The summed E-state index contributed by atoms with van der Waals surface area (Å²) >= 11 is 6.09. The monoisotopic (exact) mass is 224 g/mol. The van der Waals surface area contributed by atoms with Crippen LogP contribution in [-0.4, -0.2) is 12.7 Å². The van der Waals surface area contributed by atoms with Crippen molar-refractivity contribution in [2.24, 2.45) is 0 Å². The van der Waals surface area contributed by atoms with Crippen molar-refractivity contribution >= 4 is 17.7 Å². The van der Waals surface area contributed by atoms with Crippen LogP contribution in [-0.2, 0) is 0 Å². The first kappa shape index (κ1) is 10.4. The van der Waals surface area contributed by atoms with Gasteiger partial charge in [0, 0.05) is 11.6 Å². The standard InChI is InChI=1S/C12H13ClO2/c1-8(2)15-12-7-11-9(6-10(12)13)4-3-5-14-11/h3-4,6-8H,5H2,1-2H3. The van der Waals surface area contributed by atoms with Crippen LogP contribution < -0.4 is 9.47 Å². The Morgan fingerprint density at radius 2 is 2.20 bits per heavy atom. The molecule has 1 aromatic carbocycles. The lowest BCUT2D eigenvalue weighted by Crippen LogP contribution is -2.07. The van der Waals surface area contributed by atoms with Crippen molar-refractivity contribution in [2.45, 2.75) is 20.0 Å². The van der Waals surface area contributed by atoms with Gasteiger partial charge in [-0.15, -0.1) is 0 Å². The molecule has 1 aromatic rings. The van der Waals surface area contributed by atoms with Gasteiger partial charge in [0.2, 0.25) is 0 Å². The molecule has 3 heteroatoms. The molecule has 0 saturated heterocycles. The molecule has 0 atom stereocenters. The highest BCUT2D eigenvalue weighted by atomic mass is 35.5. The van der Waals surface area contributed by atoms with Crippen LogP contribution in [0, 0.1) is 0 Å². The summed E-state index contributed by atoms with van der Waals surface area (Å²) < 4.78 is 11.1. The second kappa shape index (κ2) is 4.15. The van der Waals surface area contributed by atoms with E-state index in [2.05, 4.69) is 0 Å². The van der Waals surface area contributed by atoms with Crippen molar-refractivity contribution in [3.63, 3.8) is 0 Å². The van der Waals surface area contributed by atoms with E-state index in [1.165, 1.54) is 0 Å². The predicted octanol–water partition coefficient (Wildman–Crippen LogP) is 3.53. The third kappa shape index (κ3) is 2.26. The molecule has 0 unspecified atom stereocenters. The van der Waals surface area contributed by atoms with Crippen molar-refractivity contribution in [1.29, 1.82) is 0 Å². The lowest BCUT2D eigenvalue weighted by Gasteiger charge is -2.17. The molecular weight excluding hydrogens is 212 g/mol. The van der Waals surface area contributed by atoms with Crippen LogP contribution in [0.25, 0.3) is 6.08 Å². The van der Waals surface area contributed by atoms with Gasteiger partial charge in [0.15, 0.2) is 0 Å². The van der Waals surface area contributed by atoms with Gasteiger partial charge >= 0.3 is 0 Å².